The Morgan fingerprint density at radius 1 is 1.28 bits per heavy atom. The molecule has 2 saturated heterocycles. The third-order valence-corrected chi connectivity index (χ3v) is 3.96. The number of carbonyl (C=O) groups is 1. The van der Waals surface area contributed by atoms with Gasteiger partial charge in [0.2, 0.25) is 5.91 Å². The van der Waals surface area contributed by atoms with Crippen molar-refractivity contribution < 1.29 is 9.53 Å². The van der Waals surface area contributed by atoms with Crippen LogP contribution in [0.25, 0.3) is 0 Å². The molecule has 0 unspecified atom stereocenters. The van der Waals surface area contributed by atoms with Crippen molar-refractivity contribution in [2.75, 3.05) is 25.5 Å². The molecule has 4 heteroatoms. The molecule has 2 fully saturated rings. The number of nitrogens with two attached hydrogens (primary N) is 1. The van der Waals surface area contributed by atoms with E-state index >= 15 is 0 Å². The molecule has 0 saturated carbocycles. The van der Waals surface area contributed by atoms with Crippen molar-refractivity contribution in [3.05, 3.63) is 29.8 Å². The van der Waals surface area contributed by atoms with E-state index < -0.39 is 0 Å². The summed E-state index contributed by atoms with van der Waals surface area (Å²) in [5, 5.41) is 0. The van der Waals surface area contributed by atoms with Crippen LogP contribution >= 0.6 is 0 Å². The Morgan fingerprint density at radius 3 is 2.56 bits per heavy atom. The monoisotopic (exact) mass is 246 g/mol. The maximum Gasteiger partial charge on any atom is 0.223 e. The average molecular weight is 246 g/mol. The lowest BCUT2D eigenvalue weighted by atomic mass is 9.76. The Balaban J connectivity index is 1.64. The molecule has 2 aliphatic rings. The summed E-state index contributed by atoms with van der Waals surface area (Å²) in [5.74, 6) is 0.251. The van der Waals surface area contributed by atoms with E-state index in [4.69, 9.17) is 10.5 Å². The molecule has 1 spiro atoms. The lowest BCUT2D eigenvalue weighted by Crippen LogP contribution is -2.52. The molecule has 0 atom stereocenters. The molecule has 0 aromatic heterocycles. The molecule has 1 aromatic carbocycles. The Bertz CT molecular complexity index is 451. The van der Waals surface area contributed by atoms with E-state index in [2.05, 4.69) is 0 Å². The van der Waals surface area contributed by atoms with Gasteiger partial charge in [-0.1, -0.05) is 12.1 Å². The van der Waals surface area contributed by atoms with Crippen LogP contribution in [0.5, 0.6) is 0 Å². The van der Waals surface area contributed by atoms with Crippen molar-refractivity contribution >= 4 is 11.6 Å². The highest BCUT2D eigenvalue weighted by atomic mass is 16.5. The van der Waals surface area contributed by atoms with Gasteiger partial charge in [0, 0.05) is 30.6 Å². The van der Waals surface area contributed by atoms with Crippen LogP contribution in [0.2, 0.25) is 0 Å². The number of anilines is 1. The number of benzene rings is 1. The highest BCUT2D eigenvalue weighted by molar-refractivity contribution is 5.78. The van der Waals surface area contributed by atoms with Gasteiger partial charge >= 0.3 is 0 Å². The smallest absolute Gasteiger partial charge is 0.223 e. The van der Waals surface area contributed by atoms with Gasteiger partial charge in [-0.3, -0.25) is 4.79 Å². The van der Waals surface area contributed by atoms with Crippen LogP contribution in [0.15, 0.2) is 24.3 Å². The number of likely N-dealkylation sites (tertiary alicyclic amines) is 1. The van der Waals surface area contributed by atoms with Gasteiger partial charge in [-0.15, -0.1) is 0 Å². The first-order valence-electron chi connectivity index (χ1n) is 6.37. The first kappa shape index (κ1) is 11.5. The minimum Gasteiger partial charge on any atom is -0.399 e. The van der Waals surface area contributed by atoms with Crippen LogP contribution in [-0.2, 0) is 16.1 Å². The predicted molar refractivity (Wildman–Crippen MR) is 68.8 cm³/mol. The molecule has 18 heavy (non-hydrogen) atoms. The van der Waals surface area contributed by atoms with E-state index in [1.165, 1.54) is 0 Å². The third kappa shape index (κ3) is 2.08. The topological polar surface area (TPSA) is 55.6 Å². The number of amides is 1. The molecule has 1 aromatic rings. The van der Waals surface area contributed by atoms with Crippen LogP contribution in [-0.4, -0.2) is 30.6 Å². The number of rotatable bonds is 2. The van der Waals surface area contributed by atoms with Crippen LogP contribution in [0.4, 0.5) is 5.69 Å². The van der Waals surface area contributed by atoms with Crippen molar-refractivity contribution in [3.63, 3.8) is 0 Å². The molecule has 3 rings (SSSR count). The normalized spacial score (nSPS) is 22.0. The lowest BCUT2D eigenvalue weighted by Gasteiger charge is -2.46. The first-order valence-corrected chi connectivity index (χ1v) is 6.37. The Kier molecular flexibility index (Phi) is 2.74. The Morgan fingerprint density at radius 2 is 2.00 bits per heavy atom. The number of nitrogen functional groups attached to an aromatic ring is 1. The molecule has 0 aliphatic carbocycles. The molecule has 0 radical (unpaired) electrons. The average Bonchev–Trinajstić information content (AvgIpc) is 2.32. The molecule has 4 nitrogen and oxygen atoms in total. The number of hydrogen-bond donors (Lipinski definition) is 1. The van der Waals surface area contributed by atoms with Gasteiger partial charge in [-0.25, -0.2) is 0 Å². The summed E-state index contributed by atoms with van der Waals surface area (Å²) < 4.78 is 5.25. The summed E-state index contributed by atoms with van der Waals surface area (Å²) in [4.78, 5) is 14.1. The summed E-state index contributed by atoms with van der Waals surface area (Å²) in [7, 11) is 0. The van der Waals surface area contributed by atoms with E-state index in [1.54, 1.807) is 0 Å². The van der Waals surface area contributed by atoms with E-state index in [0.717, 1.165) is 37.4 Å². The molecular weight excluding hydrogens is 228 g/mol. The van der Waals surface area contributed by atoms with Crippen molar-refractivity contribution in [2.45, 2.75) is 19.4 Å². The van der Waals surface area contributed by atoms with Gasteiger partial charge in [-0.2, -0.15) is 0 Å². The van der Waals surface area contributed by atoms with Crippen LogP contribution < -0.4 is 5.73 Å². The maximum absolute atomic E-state index is 12.1. The fourth-order valence-corrected chi connectivity index (χ4v) is 2.67. The van der Waals surface area contributed by atoms with Crippen LogP contribution in [0.1, 0.15) is 18.4 Å². The van der Waals surface area contributed by atoms with E-state index in [0.29, 0.717) is 13.0 Å². The van der Waals surface area contributed by atoms with Gasteiger partial charge in [0.05, 0.1) is 13.2 Å². The van der Waals surface area contributed by atoms with Gasteiger partial charge < -0.3 is 15.4 Å². The second kappa shape index (κ2) is 4.28. The van der Waals surface area contributed by atoms with Gasteiger partial charge in [0.1, 0.15) is 0 Å². The SMILES string of the molecule is Nc1ccc(CN2CCC3(COC3)CC2=O)cc1. The maximum atomic E-state index is 12.1. The lowest BCUT2D eigenvalue weighted by molar-refractivity contribution is -0.165. The molecule has 1 amide bonds. The zero-order valence-corrected chi connectivity index (χ0v) is 10.4. The molecule has 0 bridgehead atoms. The quantitative estimate of drug-likeness (QED) is 0.803. The number of hydrogen-bond acceptors (Lipinski definition) is 3. The number of ether oxygens (including phenoxy) is 1. The van der Waals surface area contributed by atoms with Crippen LogP contribution in [0, 0.1) is 5.41 Å². The van der Waals surface area contributed by atoms with Crippen molar-refractivity contribution in [3.8, 4) is 0 Å². The Hall–Kier alpha value is -1.55. The standard InChI is InChI=1S/C14H18N2O2/c15-12-3-1-11(2-4-12)8-16-6-5-14(7-13(16)17)9-18-10-14/h1-4H,5-10,15H2. The molecule has 2 N–H and O–H groups in total. The predicted octanol–water partition coefficient (Wildman–Crippen LogP) is 1.41. The van der Waals surface area contributed by atoms with Crippen molar-refractivity contribution in [2.24, 2.45) is 5.41 Å². The van der Waals surface area contributed by atoms with Crippen LogP contribution in [0.3, 0.4) is 0 Å². The van der Waals surface area contributed by atoms with E-state index in [9.17, 15) is 4.79 Å². The fraction of sp³-hybridized carbons (Fsp3) is 0.500. The molecule has 96 valence electrons. The Labute approximate surface area is 107 Å². The van der Waals surface area contributed by atoms with E-state index in [1.807, 2.05) is 29.2 Å². The van der Waals surface area contributed by atoms with Crippen molar-refractivity contribution in [1.29, 1.82) is 0 Å². The molecule has 2 aliphatic heterocycles. The summed E-state index contributed by atoms with van der Waals surface area (Å²) in [6, 6.07) is 7.73. The summed E-state index contributed by atoms with van der Waals surface area (Å²) in [6.45, 7) is 3.05. The largest absolute Gasteiger partial charge is 0.399 e. The number of piperidine rings is 1. The minimum atomic E-state index is 0.161. The summed E-state index contributed by atoms with van der Waals surface area (Å²) >= 11 is 0. The van der Waals surface area contributed by atoms with E-state index in [-0.39, 0.29) is 11.3 Å². The second-order valence-corrected chi connectivity index (χ2v) is 5.48. The summed E-state index contributed by atoms with van der Waals surface area (Å²) in [5.41, 5.74) is 7.71. The zero-order valence-electron chi connectivity index (χ0n) is 10.4. The van der Waals surface area contributed by atoms with Gasteiger partial charge in [-0.05, 0) is 24.1 Å². The van der Waals surface area contributed by atoms with Gasteiger partial charge in [0.25, 0.3) is 0 Å². The zero-order chi connectivity index (χ0) is 12.6. The van der Waals surface area contributed by atoms with Crippen molar-refractivity contribution in [1.82, 2.24) is 4.90 Å². The molecule has 2 heterocycles. The number of carbonyl (C=O) groups excluding carboxylic acids is 1. The summed E-state index contributed by atoms with van der Waals surface area (Å²) in [6.07, 6.45) is 1.70. The molecular formula is C14H18N2O2. The van der Waals surface area contributed by atoms with Gasteiger partial charge in [0.15, 0.2) is 0 Å². The number of nitrogens with zero attached hydrogens (tertiary/aromatic N) is 1. The highest BCUT2D eigenvalue weighted by Crippen LogP contribution is 2.39. The minimum absolute atomic E-state index is 0.161. The first-order chi connectivity index (χ1) is 8.67. The fourth-order valence-electron chi connectivity index (χ4n) is 2.67. The third-order valence-electron chi connectivity index (χ3n) is 3.96. The second-order valence-electron chi connectivity index (χ2n) is 5.48. The highest BCUT2D eigenvalue weighted by Gasteiger charge is 2.44.